The van der Waals surface area contributed by atoms with E-state index in [1.54, 1.807) is 6.20 Å². The topological polar surface area (TPSA) is 61.9 Å². The normalized spacial score (nSPS) is 21.6. The lowest BCUT2D eigenvalue weighted by atomic mass is 9.76. The summed E-state index contributed by atoms with van der Waals surface area (Å²) >= 11 is 5.94. The molecule has 0 amide bonds. The van der Waals surface area contributed by atoms with Gasteiger partial charge in [-0.1, -0.05) is 11.6 Å². The predicted octanol–water partition coefficient (Wildman–Crippen LogP) is 3.18. The molecule has 3 aliphatic rings. The van der Waals surface area contributed by atoms with Gasteiger partial charge in [-0.3, -0.25) is 4.79 Å². The molecule has 2 aliphatic carbocycles. The van der Waals surface area contributed by atoms with Crippen LogP contribution in [0.2, 0.25) is 5.02 Å². The Bertz CT molecular complexity index is 864. The molecule has 0 atom stereocenters. The minimum Gasteiger partial charge on any atom is -0.357 e. The van der Waals surface area contributed by atoms with Crippen LogP contribution in [0, 0.1) is 0 Å². The molecule has 2 fully saturated rings. The maximum absolute atomic E-state index is 12.5. The van der Waals surface area contributed by atoms with Crippen LogP contribution in [0.15, 0.2) is 23.1 Å². The molecule has 1 aliphatic heterocycles. The van der Waals surface area contributed by atoms with Gasteiger partial charge in [0.1, 0.15) is 11.6 Å². The van der Waals surface area contributed by atoms with E-state index in [1.807, 2.05) is 12.1 Å². The van der Waals surface area contributed by atoms with Crippen LogP contribution in [0.4, 0.5) is 5.82 Å². The second kappa shape index (κ2) is 5.56. The quantitative estimate of drug-likeness (QED) is 0.897. The Morgan fingerprint density at radius 3 is 2.68 bits per heavy atom. The molecule has 5 rings (SSSR count). The molecule has 1 spiro atoms. The van der Waals surface area contributed by atoms with E-state index in [4.69, 9.17) is 16.6 Å². The molecule has 1 saturated carbocycles. The lowest BCUT2D eigenvalue weighted by molar-refractivity contribution is 0.321. The second-order valence-corrected chi connectivity index (χ2v) is 8.09. The van der Waals surface area contributed by atoms with Crippen molar-refractivity contribution < 1.29 is 0 Å². The van der Waals surface area contributed by atoms with Gasteiger partial charge in [-0.15, -0.1) is 0 Å². The van der Waals surface area contributed by atoms with E-state index in [2.05, 4.69) is 14.9 Å². The van der Waals surface area contributed by atoms with Crippen molar-refractivity contribution in [2.24, 2.45) is 0 Å². The summed E-state index contributed by atoms with van der Waals surface area (Å²) < 4.78 is 0. The molecule has 2 aromatic heterocycles. The molecule has 5 nitrogen and oxygen atoms in total. The summed E-state index contributed by atoms with van der Waals surface area (Å²) in [6.45, 7) is 1.89. The number of nitrogens with zero attached hydrogens (tertiary/aromatic N) is 3. The van der Waals surface area contributed by atoms with E-state index in [0.717, 1.165) is 74.5 Å². The third-order valence-corrected chi connectivity index (χ3v) is 6.33. The molecular formula is C19H21ClN4O. The molecule has 0 bridgehead atoms. The van der Waals surface area contributed by atoms with Gasteiger partial charge in [0.25, 0.3) is 5.56 Å². The van der Waals surface area contributed by atoms with Gasteiger partial charge in [0.2, 0.25) is 0 Å². The Labute approximate surface area is 151 Å². The zero-order valence-electron chi connectivity index (χ0n) is 14.1. The van der Waals surface area contributed by atoms with Gasteiger partial charge in [-0.2, -0.15) is 0 Å². The van der Waals surface area contributed by atoms with Crippen molar-refractivity contribution >= 4 is 17.4 Å². The molecule has 3 heterocycles. The van der Waals surface area contributed by atoms with E-state index >= 15 is 0 Å². The summed E-state index contributed by atoms with van der Waals surface area (Å²) in [6.07, 6.45) is 8.00. The van der Waals surface area contributed by atoms with Gasteiger partial charge < -0.3 is 9.88 Å². The third-order valence-electron chi connectivity index (χ3n) is 6.11. The number of hydrogen-bond acceptors (Lipinski definition) is 4. The fourth-order valence-corrected chi connectivity index (χ4v) is 4.54. The highest BCUT2D eigenvalue weighted by Gasteiger charge is 2.44. The smallest absolute Gasteiger partial charge is 0.254 e. The summed E-state index contributed by atoms with van der Waals surface area (Å²) in [5.74, 6) is 2.39. The fourth-order valence-electron chi connectivity index (χ4n) is 4.42. The third kappa shape index (κ3) is 2.56. The largest absolute Gasteiger partial charge is 0.357 e. The number of pyridine rings is 1. The van der Waals surface area contributed by atoms with Crippen molar-refractivity contribution in [2.45, 2.75) is 49.9 Å². The Kier molecular flexibility index (Phi) is 3.42. The minimum absolute atomic E-state index is 0.0795. The van der Waals surface area contributed by atoms with Crippen LogP contribution in [0.3, 0.4) is 0 Å². The molecule has 1 N–H and O–H groups in total. The standard InChI is InChI=1S/C19H21ClN4O/c20-13-3-4-15(21-11-13)24-9-7-19(8-10-24)6-5-14-16(19)22-17(12-1-2-12)23-18(14)25/h3-4,11-12H,1-2,5-10H2,(H,22,23,25). The molecule has 6 heteroatoms. The zero-order valence-corrected chi connectivity index (χ0v) is 14.9. The summed E-state index contributed by atoms with van der Waals surface area (Å²) in [5.41, 5.74) is 2.21. The minimum atomic E-state index is 0.0795. The van der Waals surface area contributed by atoms with Crippen LogP contribution in [0.1, 0.15) is 55.1 Å². The van der Waals surface area contributed by atoms with Crippen LogP contribution in [-0.4, -0.2) is 28.0 Å². The number of fused-ring (bicyclic) bond motifs is 2. The lowest BCUT2D eigenvalue weighted by Crippen LogP contribution is -2.42. The monoisotopic (exact) mass is 356 g/mol. The van der Waals surface area contributed by atoms with Crippen molar-refractivity contribution in [3.05, 3.63) is 50.8 Å². The van der Waals surface area contributed by atoms with Gasteiger partial charge in [-0.25, -0.2) is 9.97 Å². The van der Waals surface area contributed by atoms with E-state index in [1.165, 1.54) is 0 Å². The van der Waals surface area contributed by atoms with Gasteiger partial charge in [-0.05, 0) is 50.7 Å². The van der Waals surface area contributed by atoms with Gasteiger partial charge >= 0.3 is 0 Å². The Morgan fingerprint density at radius 2 is 2.00 bits per heavy atom. The first-order valence-corrected chi connectivity index (χ1v) is 9.52. The number of halogens is 1. The first-order chi connectivity index (χ1) is 12.1. The number of H-pyrrole nitrogens is 1. The molecule has 2 aromatic rings. The molecule has 0 radical (unpaired) electrons. The molecule has 130 valence electrons. The first kappa shape index (κ1) is 15.4. The highest BCUT2D eigenvalue weighted by molar-refractivity contribution is 6.30. The number of anilines is 1. The average molecular weight is 357 g/mol. The number of hydrogen-bond donors (Lipinski definition) is 1. The summed E-state index contributed by atoms with van der Waals surface area (Å²) in [5, 5.41) is 0.665. The number of piperidine rings is 1. The second-order valence-electron chi connectivity index (χ2n) is 7.65. The van der Waals surface area contributed by atoms with Crippen molar-refractivity contribution in [1.82, 2.24) is 15.0 Å². The molecular weight excluding hydrogens is 336 g/mol. The predicted molar refractivity (Wildman–Crippen MR) is 97.5 cm³/mol. The Hall–Kier alpha value is -1.88. The SMILES string of the molecule is O=c1[nH]c(C2CC2)nc2c1CCC21CCN(c2ccc(Cl)cn2)CC1. The van der Waals surface area contributed by atoms with Crippen LogP contribution in [0.25, 0.3) is 0 Å². The van der Waals surface area contributed by atoms with Crippen LogP contribution < -0.4 is 10.5 Å². The van der Waals surface area contributed by atoms with Crippen molar-refractivity contribution in [3.63, 3.8) is 0 Å². The summed E-state index contributed by atoms with van der Waals surface area (Å²) in [4.78, 5) is 27.2. The van der Waals surface area contributed by atoms with Crippen LogP contribution >= 0.6 is 11.6 Å². The summed E-state index contributed by atoms with van der Waals surface area (Å²) in [7, 11) is 0. The summed E-state index contributed by atoms with van der Waals surface area (Å²) in [6, 6.07) is 3.87. The fraction of sp³-hybridized carbons (Fsp3) is 0.526. The van der Waals surface area contributed by atoms with Crippen molar-refractivity contribution in [1.29, 1.82) is 0 Å². The number of aromatic amines is 1. The van der Waals surface area contributed by atoms with Crippen molar-refractivity contribution in [3.8, 4) is 0 Å². The van der Waals surface area contributed by atoms with Crippen molar-refractivity contribution in [2.75, 3.05) is 18.0 Å². The Morgan fingerprint density at radius 1 is 1.20 bits per heavy atom. The van der Waals surface area contributed by atoms with Crippen LogP contribution in [0.5, 0.6) is 0 Å². The maximum atomic E-state index is 12.5. The zero-order chi connectivity index (χ0) is 17.0. The number of aromatic nitrogens is 3. The first-order valence-electron chi connectivity index (χ1n) is 9.15. The maximum Gasteiger partial charge on any atom is 0.254 e. The molecule has 0 unspecified atom stereocenters. The highest BCUT2D eigenvalue weighted by Crippen LogP contribution is 2.46. The number of nitrogens with one attached hydrogen (secondary N) is 1. The Balaban J connectivity index is 1.42. The average Bonchev–Trinajstić information content (AvgIpc) is 3.42. The van der Waals surface area contributed by atoms with Gasteiger partial charge in [0.15, 0.2) is 0 Å². The van der Waals surface area contributed by atoms with E-state index in [9.17, 15) is 4.79 Å². The molecule has 25 heavy (non-hydrogen) atoms. The van der Waals surface area contributed by atoms with E-state index < -0.39 is 0 Å². The van der Waals surface area contributed by atoms with Crippen LogP contribution in [-0.2, 0) is 11.8 Å². The molecule has 0 aromatic carbocycles. The molecule has 1 saturated heterocycles. The lowest BCUT2D eigenvalue weighted by Gasteiger charge is -2.40. The van der Waals surface area contributed by atoms with Gasteiger partial charge in [0.05, 0.1) is 10.7 Å². The van der Waals surface area contributed by atoms with E-state index in [0.29, 0.717) is 10.9 Å². The number of rotatable bonds is 2. The van der Waals surface area contributed by atoms with Gasteiger partial charge in [0, 0.05) is 36.2 Å². The highest BCUT2D eigenvalue weighted by atomic mass is 35.5. The van der Waals surface area contributed by atoms with E-state index in [-0.39, 0.29) is 11.0 Å².